The quantitative estimate of drug-likeness (QED) is 0.217. The number of hydrogen-bond donors (Lipinski definition) is 1. The molecule has 2 amide bonds. The Bertz CT molecular complexity index is 1560. The van der Waals surface area contributed by atoms with Crippen molar-refractivity contribution >= 4 is 49.1 Å². The third kappa shape index (κ3) is 9.52. The van der Waals surface area contributed by atoms with Crippen molar-refractivity contribution in [3.8, 4) is 5.75 Å². The van der Waals surface area contributed by atoms with Gasteiger partial charge in [-0.3, -0.25) is 24.0 Å². The number of halogens is 1. The van der Waals surface area contributed by atoms with E-state index in [2.05, 4.69) is 21.2 Å². The van der Waals surface area contributed by atoms with Crippen LogP contribution in [0.2, 0.25) is 0 Å². The van der Waals surface area contributed by atoms with Crippen molar-refractivity contribution in [2.45, 2.75) is 45.3 Å². The summed E-state index contributed by atoms with van der Waals surface area (Å²) in [5.74, 6) is -1.08. The molecule has 0 aliphatic carbocycles. The molecule has 0 aliphatic rings. The van der Waals surface area contributed by atoms with E-state index in [9.17, 15) is 28.1 Å². The summed E-state index contributed by atoms with van der Waals surface area (Å²) in [6.07, 6.45) is 1.05. The Morgan fingerprint density at radius 3 is 2.19 bits per heavy atom. The van der Waals surface area contributed by atoms with Crippen LogP contribution in [0, 0.1) is 10.1 Å². The molecular weight excluding hydrogens is 640 g/mol. The molecule has 3 aromatic rings. The van der Waals surface area contributed by atoms with Crippen LogP contribution in [0.25, 0.3) is 0 Å². The van der Waals surface area contributed by atoms with Crippen molar-refractivity contribution in [1.82, 2.24) is 10.2 Å². The standard InChI is InChI=1S/C30H35BrN4O7S/c1-30(2,3)32-29(37)26(17-21-9-7-6-8-10-21)33(19-22-11-13-23(31)14-12-22)28(36)20-34(43(5,40)41)25-18-24(35(38)39)15-16-27(25)42-4/h6-16,18,26H,17,19-20H2,1-5H3,(H,32,37)/t26-/m0/s1. The van der Waals surface area contributed by atoms with Gasteiger partial charge in [-0.05, 0) is 50.1 Å². The van der Waals surface area contributed by atoms with Crippen molar-refractivity contribution in [2.75, 3.05) is 24.2 Å². The predicted molar refractivity (Wildman–Crippen MR) is 168 cm³/mol. The Hall–Kier alpha value is -3.97. The number of nitro benzene ring substituents is 1. The number of methoxy groups -OCH3 is 1. The number of nitro groups is 1. The molecule has 0 bridgehead atoms. The van der Waals surface area contributed by atoms with Crippen LogP contribution in [0.1, 0.15) is 31.9 Å². The first-order valence-corrected chi connectivity index (χ1v) is 15.9. The van der Waals surface area contributed by atoms with Crippen LogP contribution in [0.15, 0.2) is 77.3 Å². The molecule has 230 valence electrons. The molecular formula is C30H35BrN4O7S. The van der Waals surface area contributed by atoms with Gasteiger partial charge < -0.3 is 15.0 Å². The molecule has 0 fully saturated rings. The fraction of sp³-hybridized carbons (Fsp3) is 0.333. The van der Waals surface area contributed by atoms with Gasteiger partial charge in [0.05, 0.1) is 18.3 Å². The van der Waals surface area contributed by atoms with Crippen LogP contribution in [-0.2, 0) is 32.6 Å². The number of carbonyl (C=O) groups is 2. The second-order valence-corrected chi connectivity index (χ2v) is 13.8. The smallest absolute Gasteiger partial charge is 0.271 e. The Labute approximate surface area is 260 Å². The Morgan fingerprint density at radius 2 is 1.65 bits per heavy atom. The average molecular weight is 676 g/mol. The minimum atomic E-state index is -4.16. The lowest BCUT2D eigenvalue weighted by Gasteiger charge is -2.35. The van der Waals surface area contributed by atoms with Crippen LogP contribution in [0.4, 0.5) is 11.4 Å². The summed E-state index contributed by atoms with van der Waals surface area (Å²) in [5.41, 5.74) is 0.334. The number of amides is 2. The molecule has 11 nitrogen and oxygen atoms in total. The van der Waals surface area contributed by atoms with Gasteiger partial charge in [0, 0.05) is 35.1 Å². The van der Waals surface area contributed by atoms with E-state index in [0.717, 1.165) is 26.7 Å². The zero-order valence-electron chi connectivity index (χ0n) is 24.6. The fourth-order valence-electron chi connectivity index (χ4n) is 4.37. The van der Waals surface area contributed by atoms with Gasteiger partial charge in [-0.15, -0.1) is 0 Å². The highest BCUT2D eigenvalue weighted by Gasteiger charge is 2.35. The van der Waals surface area contributed by atoms with E-state index >= 15 is 0 Å². The Morgan fingerprint density at radius 1 is 1.02 bits per heavy atom. The van der Waals surface area contributed by atoms with Gasteiger partial charge in [0.1, 0.15) is 24.0 Å². The van der Waals surface area contributed by atoms with Gasteiger partial charge in [-0.2, -0.15) is 0 Å². The number of anilines is 1. The van der Waals surface area contributed by atoms with E-state index in [-0.39, 0.29) is 30.1 Å². The van der Waals surface area contributed by atoms with Gasteiger partial charge in [-0.1, -0.05) is 58.4 Å². The van der Waals surface area contributed by atoms with Crippen LogP contribution in [0.3, 0.4) is 0 Å². The average Bonchev–Trinajstić information content (AvgIpc) is 2.93. The minimum Gasteiger partial charge on any atom is -0.495 e. The summed E-state index contributed by atoms with van der Waals surface area (Å²) < 4.78 is 33.0. The lowest BCUT2D eigenvalue weighted by molar-refractivity contribution is -0.384. The number of carbonyl (C=O) groups excluding carboxylic acids is 2. The topological polar surface area (TPSA) is 139 Å². The molecule has 13 heteroatoms. The zero-order valence-corrected chi connectivity index (χ0v) is 27.0. The highest BCUT2D eigenvalue weighted by molar-refractivity contribution is 9.10. The van der Waals surface area contributed by atoms with E-state index in [1.54, 1.807) is 24.3 Å². The highest BCUT2D eigenvalue weighted by Crippen LogP contribution is 2.34. The van der Waals surface area contributed by atoms with E-state index in [1.165, 1.54) is 24.1 Å². The molecule has 43 heavy (non-hydrogen) atoms. The molecule has 0 saturated heterocycles. The maximum absolute atomic E-state index is 14.2. The van der Waals surface area contributed by atoms with Gasteiger partial charge in [-0.25, -0.2) is 8.42 Å². The molecule has 0 aromatic heterocycles. The van der Waals surface area contributed by atoms with Gasteiger partial charge in [0.15, 0.2) is 0 Å². The molecule has 0 aliphatic heterocycles. The predicted octanol–water partition coefficient (Wildman–Crippen LogP) is 4.69. The second-order valence-electron chi connectivity index (χ2n) is 11.0. The van der Waals surface area contributed by atoms with Crippen LogP contribution >= 0.6 is 15.9 Å². The lowest BCUT2D eigenvalue weighted by atomic mass is 10.0. The number of sulfonamides is 1. The Balaban J connectivity index is 2.14. The Kier molecular flexibility index (Phi) is 10.9. The fourth-order valence-corrected chi connectivity index (χ4v) is 5.48. The van der Waals surface area contributed by atoms with E-state index in [4.69, 9.17) is 4.74 Å². The first kappa shape index (κ1) is 33.5. The number of benzene rings is 3. The summed E-state index contributed by atoms with van der Waals surface area (Å²) >= 11 is 3.40. The molecule has 1 atom stereocenters. The number of nitrogens with one attached hydrogen (secondary N) is 1. The molecule has 0 heterocycles. The monoisotopic (exact) mass is 674 g/mol. The van der Waals surface area contributed by atoms with Crippen LogP contribution < -0.4 is 14.4 Å². The SMILES string of the molecule is COc1ccc([N+](=O)[O-])cc1N(CC(=O)N(Cc1ccc(Br)cc1)[C@@H](Cc1ccccc1)C(=O)NC(C)(C)C)S(C)(=O)=O. The number of ether oxygens (including phenoxy) is 1. The van der Waals surface area contributed by atoms with E-state index in [0.29, 0.717) is 5.56 Å². The zero-order chi connectivity index (χ0) is 31.9. The van der Waals surface area contributed by atoms with Crippen molar-refractivity contribution in [2.24, 2.45) is 0 Å². The molecule has 0 spiro atoms. The maximum Gasteiger partial charge on any atom is 0.271 e. The van der Waals surface area contributed by atoms with Crippen molar-refractivity contribution in [1.29, 1.82) is 0 Å². The summed E-state index contributed by atoms with van der Waals surface area (Å²) in [5, 5.41) is 14.5. The second kappa shape index (κ2) is 14.0. The summed E-state index contributed by atoms with van der Waals surface area (Å²) in [4.78, 5) is 40.2. The molecule has 1 N–H and O–H groups in total. The summed E-state index contributed by atoms with van der Waals surface area (Å²) in [6, 6.07) is 18.8. The summed E-state index contributed by atoms with van der Waals surface area (Å²) in [6.45, 7) is 4.73. The largest absolute Gasteiger partial charge is 0.495 e. The minimum absolute atomic E-state index is 0.00908. The normalized spacial score (nSPS) is 12.2. The van der Waals surface area contributed by atoms with Crippen molar-refractivity contribution in [3.63, 3.8) is 0 Å². The molecule has 0 unspecified atom stereocenters. The lowest BCUT2D eigenvalue weighted by Crippen LogP contribution is -2.56. The van der Waals surface area contributed by atoms with Crippen molar-refractivity contribution < 1.29 is 27.7 Å². The maximum atomic E-state index is 14.2. The first-order chi connectivity index (χ1) is 20.1. The molecule has 3 aromatic carbocycles. The number of non-ortho nitro benzene ring substituents is 1. The van der Waals surface area contributed by atoms with Crippen LogP contribution in [0.5, 0.6) is 5.75 Å². The number of rotatable bonds is 12. The third-order valence-electron chi connectivity index (χ3n) is 6.36. The van der Waals surface area contributed by atoms with Crippen molar-refractivity contribution in [3.05, 3.63) is 98.5 Å². The highest BCUT2D eigenvalue weighted by atomic mass is 79.9. The summed E-state index contributed by atoms with van der Waals surface area (Å²) in [7, 11) is -2.87. The third-order valence-corrected chi connectivity index (χ3v) is 8.01. The van der Waals surface area contributed by atoms with Gasteiger partial charge in [0.25, 0.3) is 5.69 Å². The van der Waals surface area contributed by atoms with Crippen LogP contribution in [-0.4, -0.2) is 61.5 Å². The molecule has 0 saturated carbocycles. The molecule has 0 radical (unpaired) electrons. The van der Waals surface area contributed by atoms with E-state index < -0.39 is 44.9 Å². The number of nitrogens with zero attached hydrogens (tertiary/aromatic N) is 3. The molecule has 3 rings (SSSR count). The number of hydrogen-bond acceptors (Lipinski definition) is 7. The van der Waals surface area contributed by atoms with Gasteiger partial charge in [0.2, 0.25) is 21.8 Å². The van der Waals surface area contributed by atoms with E-state index in [1.807, 2.05) is 51.1 Å². The first-order valence-electron chi connectivity index (χ1n) is 13.3. The van der Waals surface area contributed by atoms with Gasteiger partial charge >= 0.3 is 0 Å².